The molecule has 0 aromatic carbocycles. The van der Waals surface area contributed by atoms with Gasteiger partial charge >= 0.3 is 0 Å². The molecule has 0 atom stereocenters. The summed E-state index contributed by atoms with van der Waals surface area (Å²) in [4.78, 5) is 11.4. The van der Waals surface area contributed by atoms with Crippen LogP contribution in [0.5, 0.6) is 0 Å². The van der Waals surface area contributed by atoms with Crippen LogP contribution in [0.2, 0.25) is 0 Å². The van der Waals surface area contributed by atoms with Gasteiger partial charge in [0.25, 0.3) is 5.91 Å². The highest BCUT2D eigenvalue weighted by Crippen LogP contribution is 2.33. The fraction of sp³-hybridized carbons (Fsp3) is 0.875. The lowest BCUT2D eigenvalue weighted by atomic mass is 9.99. The van der Waals surface area contributed by atoms with Crippen molar-refractivity contribution in [2.75, 3.05) is 0 Å². The van der Waals surface area contributed by atoms with E-state index < -0.39 is 4.33 Å². The minimum Gasteiger partial charge on any atom is -0.349 e. The topological polar surface area (TPSA) is 29.1 Å². The second-order valence-electron chi connectivity index (χ2n) is 3.90. The molecule has 0 aromatic heterocycles. The van der Waals surface area contributed by atoms with Crippen molar-refractivity contribution in [2.45, 2.75) is 43.0 Å². The molecule has 2 nitrogen and oxygen atoms in total. The molecular weight excluding hydrogens is 197 g/mol. The SMILES string of the molecule is CC1(C)CCCC(Cl)(Cl)C(=O)N1. The van der Waals surface area contributed by atoms with Gasteiger partial charge in [0.05, 0.1) is 0 Å². The van der Waals surface area contributed by atoms with Crippen molar-refractivity contribution >= 4 is 29.1 Å². The third-order valence-electron chi connectivity index (χ3n) is 2.08. The maximum Gasteiger partial charge on any atom is 0.256 e. The number of carbonyl (C=O) groups excluding carboxylic acids is 1. The highest BCUT2D eigenvalue weighted by atomic mass is 35.5. The van der Waals surface area contributed by atoms with Crippen LogP contribution in [-0.4, -0.2) is 15.8 Å². The van der Waals surface area contributed by atoms with Crippen molar-refractivity contribution in [3.63, 3.8) is 0 Å². The first-order valence-electron chi connectivity index (χ1n) is 4.04. The predicted molar refractivity (Wildman–Crippen MR) is 50.5 cm³/mol. The van der Waals surface area contributed by atoms with Crippen LogP contribution in [0, 0.1) is 0 Å². The molecule has 1 amide bonds. The van der Waals surface area contributed by atoms with Crippen LogP contribution in [0.3, 0.4) is 0 Å². The van der Waals surface area contributed by atoms with Crippen molar-refractivity contribution < 1.29 is 4.79 Å². The van der Waals surface area contributed by atoms with Gasteiger partial charge in [0.2, 0.25) is 0 Å². The number of alkyl halides is 2. The summed E-state index contributed by atoms with van der Waals surface area (Å²) in [6.07, 6.45) is 2.32. The van der Waals surface area contributed by atoms with E-state index in [0.29, 0.717) is 6.42 Å². The van der Waals surface area contributed by atoms with Gasteiger partial charge in [0.1, 0.15) is 0 Å². The maximum atomic E-state index is 11.4. The third kappa shape index (κ3) is 2.27. The van der Waals surface area contributed by atoms with Gasteiger partial charge in [-0.15, -0.1) is 0 Å². The Balaban J connectivity index is 2.77. The Labute approximate surface area is 82.6 Å². The molecule has 0 saturated carbocycles. The summed E-state index contributed by atoms with van der Waals surface area (Å²) in [5, 5.41) is 2.81. The molecule has 1 fully saturated rings. The minimum atomic E-state index is -1.23. The summed E-state index contributed by atoms with van der Waals surface area (Å²) >= 11 is 11.6. The standard InChI is InChI=1S/C8H13Cl2NO/c1-7(2)4-3-5-8(9,10)6(12)11-7/h3-5H2,1-2H3,(H,11,12). The lowest BCUT2D eigenvalue weighted by molar-refractivity contribution is -0.122. The maximum absolute atomic E-state index is 11.4. The van der Waals surface area contributed by atoms with E-state index in [2.05, 4.69) is 5.32 Å². The van der Waals surface area contributed by atoms with Gasteiger partial charge in [-0.25, -0.2) is 0 Å². The Morgan fingerprint density at radius 1 is 1.33 bits per heavy atom. The predicted octanol–water partition coefficient (Wildman–Crippen LogP) is 2.24. The van der Waals surface area contributed by atoms with Gasteiger partial charge in [-0.05, 0) is 33.1 Å². The normalized spacial score (nSPS) is 27.5. The summed E-state index contributed by atoms with van der Waals surface area (Å²) in [5.74, 6) is -0.270. The number of rotatable bonds is 0. The molecule has 1 aliphatic heterocycles. The van der Waals surface area contributed by atoms with Crippen molar-refractivity contribution in [1.29, 1.82) is 0 Å². The van der Waals surface area contributed by atoms with Crippen molar-refractivity contribution in [2.24, 2.45) is 0 Å². The molecule has 0 bridgehead atoms. The number of carbonyl (C=O) groups is 1. The average Bonchev–Trinajstić information content (AvgIpc) is 1.90. The van der Waals surface area contributed by atoms with Gasteiger partial charge in [-0.2, -0.15) is 0 Å². The van der Waals surface area contributed by atoms with E-state index in [-0.39, 0.29) is 11.4 Å². The molecule has 0 unspecified atom stereocenters. The van der Waals surface area contributed by atoms with Crippen LogP contribution >= 0.6 is 23.2 Å². The summed E-state index contributed by atoms with van der Waals surface area (Å²) in [6, 6.07) is 0. The quantitative estimate of drug-likeness (QED) is 0.610. The fourth-order valence-corrected chi connectivity index (χ4v) is 1.69. The zero-order chi connectivity index (χ0) is 9.41. The highest BCUT2D eigenvalue weighted by Gasteiger charge is 2.39. The first kappa shape index (κ1) is 10.1. The first-order chi connectivity index (χ1) is 5.33. The zero-order valence-electron chi connectivity index (χ0n) is 7.29. The monoisotopic (exact) mass is 209 g/mol. The fourth-order valence-electron chi connectivity index (χ4n) is 1.33. The number of hydrogen-bond donors (Lipinski definition) is 1. The molecule has 12 heavy (non-hydrogen) atoms. The van der Waals surface area contributed by atoms with Gasteiger partial charge < -0.3 is 5.32 Å². The van der Waals surface area contributed by atoms with Crippen LogP contribution in [0.4, 0.5) is 0 Å². The summed E-state index contributed by atoms with van der Waals surface area (Å²) in [7, 11) is 0. The minimum absolute atomic E-state index is 0.178. The van der Waals surface area contributed by atoms with Crippen LogP contribution in [0.25, 0.3) is 0 Å². The number of nitrogens with one attached hydrogen (secondary N) is 1. The van der Waals surface area contributed by atoms with Crippen LogP contribution in [0.15, 0.2) is 0 Å². The second-order valence-corrected chi connectivity index (χ2v) is 5.38. The number of amides is 1. The molecule has 4 heteroatoms. The Hall–Kier alpha value is 0.0500. The van der Waals surface area contributed by atoms with Crippen molar-refractivity contribution in [1.82, 2.24) is 5.32 Å². The summed E-state index contributed by atoms with van der Waals surface area (Å²) in [5.41, 5.74) is -0.178. The Morgan fingerprint density at radius 3 is 2.50 bits per heavy atom. The van der Waals surface area contributed by atoms with Gasteiger partial charge in [0, 0.05) is 5.54 Å². The Kier molecular flexibility index (Phi) is 2.60. The van der Waals surface area contributed by atoms with E-state index in [1.165, 1.54) is 0 Å². The van der Waals surface area contributed by atoms with E-state index in [1.54, 1.807) is 0 Å². The molecule has 0 spiro atoms. The molecular formula is C8H13Cl2NO. The molecule has 0 radical (unpaired) electrons. The van der Waals surface area contributed by atoms with E-state index in [0.717, 1.165) is 12.8 Å². The molecule has 0 aromatic rings. The van der Waals surface area contributed by atoms with E-state index in [1.807, 2.05) is 13.8 Å². The molecule has 1 aliphatic rings. The van der Waals surface area contributed by atoms with Crippen molar-refractivity contribution in [3.05, 3.63) is 0 Å². The van der Waals surface area contributed by atoms with Crippen LogP contribution < -0.4 is 5.32 Å². The zero-order valence-corrected chi connectivity index (χ0v) is 8.80. The molecule has 70 valence electrons. The summed E-state index contributed by atoms with van der Waals surface area (Å²) in [6.45, 7) is 3.94. The lowest BCUT2D eigenvalue weighted by Crippen LogP contribution is -2.47. The third-order valence-corrected chi connectivity index (χ3v) is 2.80. The number of hydrogen-bond acceptors (Lipinski definition) is 1. The first-order valence-corrected chi connectivity index (χ1v) is 4.80. The summed E-state index contributed by atoms with van der Waals surface area (Å²) < 4.78 is -1.23. The van der Waals surface area contributed by atoms with Gasteiger partial charge in [-0.3, -0.25) is 4.79 Å². The average molecular weight is 210 g/mol. The number of halogens is 2. The van der Waals surface area contributed by atoms with E-state index >= 15 is 0 Å². The van der Waals surface area contributed by atoms with Crippen LogP contribution in [0.1, 0.15) is 33.1 Å². The lowest BCUT2D eigenvalue weighted by Gasteiger charge is -2.24. The molecule has 1 N–H and O–H groups in total. The smallest absolute Gasteiger partial charge is 0.256 e. The highest BCUT2D eigenvalue weighted by molar-refractivity contribution is 6.58. The van der Waals surface area contributed by atoms with Crippen molar-refractivity contribution in [3.8, 4) is 0 Å². The molecule has 1 heterocycles. The largest absolute Gasteiger partial charge is 0.349 e. The Bertz CT molecular complexity index is 201. The molecule has 0 aliphatic carbocycles. The Morgan fingerprint density at radius 2 is 1.92 bits per heavy atom. The van der Waals surface area contributed by atoms with Gasteiger partial charge in [-0.1, -0.05) is 23.2 Å². The van der Waals surface area contributed by atoms with E-state index in [4.69, 9.17) is 23.2 Å². The second kappa shape index (κ2) is 3.08. The van der Waals surface area contributed by atoms with Gasteiger partial charge in [0.15, 0.2) is 4.33 Å². The van der Waals surface area contributed by atoms with E-state index in [9.17, 15) is 4.79 Å². The molecule has 1 saturated heterocycles. The molecule has 1 rings (SSSR count). The van der Waals surface area contributed by atoms with Crippen LogP contribution in [-0.2, 0) is 4.79 Å².